The average molecular weight is 265 g/mol. The Labute approximate surface area is 114 Å². The molecule has 3 rings (SSSR count). The number of halogens is 1. The quantitative estimate of drug-likeness (QED) is 0.883. The predicted octanol–water partition coefficient (Wildman–Crippen LogP) is 3.06. The minimum Gasteiger partial charge on any atom is -0.314 e. The van der Waals surface area contributed by atoms with Gasteiger partial charge in [0.1, 0.15) is 0 Å². The molecule has 1 spiro atoms. The van der Waals surface area contributed by atoms with Crippen molar-refractivity contribution in [3.8, 4) is 0 Å². The van der Waals surface area contributed by atoms with Crippen LogP contribution >= 0.6 is 11.6 Å². The molecular weight excluding hydrogens is 244 g/mol. The van der Waals surface area contributed by atoms with Crippen LogP contribution in [0.25, 0.3) is 0 Å². The molecule has 0 atom stereocenters. The summed E-state index contributed by atoms with van der Waals surface area (Å²) >= 11 is 5.95. The summed E-state index contributed by atoms with van der Waals surface area (Å²) in [4.78, 5) is 2.69. The smallest absolute Gasteiger partial charge is 0.0406 e. The van der Waals surface area contributed by atoms with Crippen molar-refractivity contribution in [1.29, 1.82) is 0 Å². The second-order valence-electron chi connectivity index (χ2n) is 5.66. The van der Waals surface area contributed by atoms with Gasteiger partial charge in [-0.3, -0.25) is 4.90 Å². The Morgan fingerprint density at radius 1 is 1.17 bits per heavy atom. The van der Waals surface area contributed by atoms with Crippen LogP contribution in [0.3, 0.4) is 0 Å². The molecule has 0 radical (unpaired) electrons. The molecule has 98 valence electrons. The van der Waals surface area contributed by atoms with Gasteiger partial charge in [0, 0.05) is 36.7 Å². The first-order valence-electron chi connectivity index (χ1n) is 6.99. The zero-order chi connectivity index (χ0) is 12.4. The van der Waals surface area contributed by atoms with Crippen molar-refractivity contribution in [2.75, 3.05) is 19.6 Å². The van der Waals surface area contributed by atoms with Gasteiger partial charge in [-0.25, -0.2) is 0 Å². The molecule has 1 aromatic rings. The van der Waals surface area contributed by atoms with Crippen LogP contribution < -0.4 is 5.32 Å². The summed E-state index contributed by atoms with van der Waals surface area (Å²) < 4.78 is 0. The number of nitrogens with zero attached hydrogens (tertiary/aromatic N) is 1. The Bertz CT molecular complexity index is 395. The fraction of sp³-hybridized carbons (Fsp3) is 0.600. The highest BCUT2D eigenvalue weighted by atomic mass is 35.5. The molecule has 0 aromatic heterocycles. The van der Waals surface area contributed by atoms with E-state index in [-0.39, 0.29) is 0 Å². The normalized spacial score (nSPS) is 23.6. The van der Waals surface area contributed by atoms with Gasteiger partial charge < -0.3 is 5.32 Å². The first-order valence-corrected chi connectivity index (χ1v) is 7.37. The molecule has 1 N–H and O–H groups in total. The SMILES string of the molecule is Clc1ccc(CN2CCNCC23CCCC3)cc1. The number of rotatable bonds is 2. The fourth-order valence-electron chi connectivity index (χ4n) is 3.47. The molecular formula is C15H21ClN2. The summed E-state index contributed by atoms with van der Waals surface area (Å²) in [6.07, 6.45) is 5.48. The lowest BCUT2D eigenvalue weighted by molar-refractivity contribution is 0.0573. The Balaban J connectivity index is 1.75. The van der Waals surface area contributed by atoms with E-state index in [2.05, 4.69) is 22.3 Å². The van der Waals surface area contributed by atoms with E-state index in [1.165, 1.54) is 44.3 Å². The monoisotopic (exact) mass is 264 g/mol. The highest BCUT2D eigenvalue weighted by molar-refractivity contribution is 6.30. The maximum absolute atomic E-state index is 5.95. The van der Waals surface area contributed by atoms with Gasteiger partial charge in [-0.2, -0.15) is 0 Å². The summed E-state index contributed by atoms with van der Waals surface area (Å²) in [5, 5.41) is 4.41. The van der Waals surface area contributed by atoms with Crippen LogP contribution in [0.1, 0.15) is 31.2 Å². The van der Waals surface area contributed by atoms with Crippen molar-refractivity contribution in [3.63, 3.8) is 0 Å². The number of benzene rings is 1. The molecule has 1 aliphatic carbocycles. The van der Waals surface area contributed by atoms with Crippen molar-refractivity contribution in [2.45, 2.75) is 37.8 Å². The van der Waals surface area contributed by atoms with Crippen LogP contribution in [0, 0.1) is 0 Å². The molecule has 1 saturated carbocycles. The highest BCUT2D eigenvalue weighted by Gasteiger charge is 2.40. The van der Waals surface area contributed by atoms with Gasteiger partial charge in [0.2, 0.25) is 0 Å². The zero-order valence-corrected chi connectivity index (χ0v) is 11.5. The minimum atomic E-state index is 0.428. The van der Waals surface area contributed by atoms with E-state index in [9.17, 15) is 0 Å². The molecule has 1 aromatic carbocycles. The molecule has 18 heavy (non-hydrogen) atoms. The zero-order valence-electron chi connectivity index (χ0n) is 10.8. The second-order valence-corrected chi connectivity index (χ2v) is 6.09. The Morgan fingerprint density at radius 2 is 1.89 bits per heavy atom. The molecule has 0 unspecified atom stereocenters. The van der Waals surface area contributed by atoms with E-state index in [0.717, 1.165) is 18.1 Å². The van der Waals surface area contributed by atoms with E-state index in [1.807, 2.05) is 12.1 Å². The first-order chi connectivity index (χ1) is 8.78. The van der Waals surface area contributed by atoms with Crippen LogP contribution in [0.5, 0.6) is 0 Å². The predicted molar refractivity (Wildman–Crippen MR) is 75.9 cm³/mol. The third-order valence-electron chi connectivity index (χ3n) is 4.50. The summed E-state index contributed by atoms with van der Waals surface area (Å²) in [6.45, 7) is 4.53. The molecule has 0 bridgehead atoms. The van der Waals surface area contributed by atoms with Crippen molar-refractivity contribution < 1.29 is 0 Å². The van der Waals surface area contributed by atoms with Crippen LogP contribution in [0.4, 0.5) is 0 Å². The van der Waals surface area contributed by atoms with Crippen LogP contribution in [0.15, 0.2) is 24.3 Å². The minimum absolute atomic E-state index is 0.428. The second kappa shape index (κ2) is 5.20. The Kier molecular flexibility index (Phi) is 3.60. The van der Waals surface area contributed by atoms with Crippen molar-refractivity contribution in [2.24, 2.45) is 0 Å². The summed E-state index contributed by atoms with van der Waals surface area (Å²) in [6, 6.07) is 8.32. The molecule has 0 amide bonds. The number of piperazine rings is 1. The van der Waals surface area contributed by atoms with Crippen LogP contribution in [-0.2, 0) is 6.54 Å². The van der Waals surface area contributed by atoms with Gasteiger partial charge in [0.15, 0.2) is 0 Å². The summed E-state index contributed by atoms with van der Waals surface area (Å²) in [5.41, 5.74) is 1.81. The lowest BCUT2D eigenvalue weighted by atomic mass is 9.92. The lowest BCUT2D eigenvalue weighted by Gasteiger charge is -2.45. The van der Waals surface area contributed by atoms with E-state index in [1.54, 1.807) is 0 Å². The van der Waals surface area contributed by atoms with E-state index in [4.69, 9.17) is 11.6 Å². The molecule has 1 heterocycles. The van der Waals surface area contributed by atoms with Gasteiger partial charge in [0.05, 0.1) is 0 Å². The van der Waals surface area contributed by atoms with Gasteiger partial charge in [-0.15, -0.1) is 0 Å². The maximum Gasteiger partial charge on any atom is 0.0406 e. The van der Waals surface area contributed by atoms with Gasteiger partial charge in [0.25, 0.3) is 0 Å². The third kappa shape index (κ3) is 2.42. The van der Waals surface area contributed by atoms with Gasteiger partial charge >= 0.3 is 0 Å². The lowest BCUT2D eigenvalue weighted by Crippen LogP contribution is -2.59. The van der Waals surface area contributed by atoms with Gasteiger partial charge in [-0.1, -0.05) is 36.6 Å². The van der Waals surface area contributed by atoms with Gasteiger partial charge in [-0.05, 0) is 30.5 Å². The number of nitrogens with one attached hydrogen (secondary N) is 1. The molecule has 1 aliphatic heterocycles. The van der Waals surface area contributed by atoms with E-state index in [0.29, 0.717) is 5.54 Å². The van der Waals surface area contributed by atoms with Crippen molar-refractivity contribution in [3.05, 3.63) is 34.9 Å². The highest BCUT2D eigenvalue weighted by Crippen LogP contribution is 2.36. The molecule has 2 fully saturated rings. The maximum atomic E-state index is 5.95. The molecule has 2 nitrogen and oxygen atoms in total. The molecule has 1 saturated heterocycles. The first kappa shape index (κ1) is 12.5. The van der Waals surface area contributed by atoms with E-state index < -0.39 is 0 Å². The molecule has 3 heteroatoms. The fourth-order valence-corrected chi connectivity index (χ4v) is 3.59. The third-order valence-corrected chi connectivity index (χ3v) is 4.76. The van der Waals surface area contributed by atoms with Crippen LogP contribution in [-0.4, -0.2) is 30.1 Å². The van der Waals surface area contributed by atoms with Crippen molar-refractivity contribution in [1.82, 2.24) is 10.2 Å². The Hall–Kier alpha value is -0.570. The van der Waals surface area contributed by atoms with Crippen LogP contribution in [0.2, 0.25) is 5.02 Å². The Morgan fingerprint density at radius 3 is 2.61 bits per heavy atom. The number of hydrogen-bond donors (Lipinski definition) is 1. The number of hydrogen-bond acceptors (Lipinski definition) is 2. The topological polar surface area (TPSA) is 15.3 Å². The summed E-state index contributed by atoms with van der Waals surface area (Å²) in [7, 11) is 0. The van der Waals surface area contributed by atoms with Crippen molar-refractivity contribution >= 4 is 11.6 Å². The standard InChI is InChI=1S/C15H21ClN2/c16-14-5-3-13(4-6-14)11-18-10-9-17-12-15(18)7-1-2-8-15/h3-6,17H,1-2,7-12H2. The largest absolute Gasteiger partial charge is 0.314 e. The average Bonchev–Trinajstić information content (AvgIpc) is 2.84. The molecule has 2 aliphatic rings. The van der Waals surface area contributed by atoms with E-state index >= 15 is 0 Å². The summed E-state index contributed by atoms with van der Waals surface area (Å²) in [5.74, 6) is 0.